The first-order chi connectivity index (χ1) is 11.8. The van der Waals surface area contributed by atoms with E-state index >= 15 is 0 Å². The lowest BCUT2D eigenvalue weighted by molar-refractivity contribution is 0.403. The van der Waals surface area contributed by atoms with Gasteiger partial charge in [0.25, 0.3) is 0 Å². The maximum atomic E-state index is 6.03. The van der Waals surface area contributed by atoms with E-state index in [1.807, 2.05) is 0 Å². The van der Waals surface area contributed by atoms with Crippen molar-refractivity contribution >= 4 is 16.5 Å². The number of thiazole rings is 1. The molecule has 25 heavy (non-hydrogen) atoms. The van der Waals surface area contributed by atoms with Crippen molar-refractivity contribution in [2.24, 2.45) is 5.73 Å². The molecular weight excluding hydrogens is 326 g/mol. The smallest absolute Gasteiger partial charge is 0.185 e. The monoisotopic (exact) mass is 355 g/mol. The summed E-state index contributed by atoms with van der Waals surface area (Å²) in [6, 6.07) is 7.33. The van der Waals surface area contributed by atoms with Crippen molar-refractivity contribution in [2.75, 3.05) is 18.0 Å². The molecule has 2 aromatic rings. The molecular formula is C21H29N3S. The van der Waals surface area contributed by atoms with Gasteiger partial charge in [-0.05, 0) is 47.3 Å². The van der Waals surface area contributed by atoms with Crippen LogP contribution in [0.4, 0.5) is 5.13 Å². The van der Waals surface area contributed by atoms with Gasteiger partial charge in [0.1, 0.15) is 0 Å². The van der Waals surface area contributed by atoms with E-state index < -0.39 is 0 Å². The second-order valence-electron chi connectivity index (χ2n) is 9.04. The molecule has 0 spiro atoms. The molecule has 1 saturated heterocycles. The highest BCUT2D eigenvalue weighted by atomic mass is 32.1. The number of nitrogens with zero attached hydrogens (tertiary/aromatic N) is 2. The van der Waals surface area contributed by atoms with E-state index in [1.165, 1.54) is 23.1 Å². The highest BCUT2D eigenvalue weighted by molar-refractivity contribution is 7.14. The van der Waals surface area contributed by atoms with E-state index in [4.69, 9.17) is 10.7 Å². The molecule has 2 aliphatic rings. The van der Waals surface area contributed by atoms with E-state index in [1.54, 1.807) is 11.3 Å². The van der Waals surface area contributed by atoms with E-state index in [0.29, 0.717) is 6.04 Å². The minimum atomic E-state index is 0.233. The van der Waals surface area contributed by atoms with Crippen molar-refractivity contribution in [3.8, 4) is 11.3 Å². The van der Waals surface area contributed by atoms with Crippen LogP contribution in [-0.2, 0) is 10.8 Å². The Balaban J connectivity index is 1.64. The Morgan fingerprint density at radius 1 is 1.08 bits per heavy atom. The molecule has 1 aromatic carbocycles. The molecule has 4 heteroatoms. The number of piperidine rings is 1. The number of rotatable bonds is 2. The van der Waals surface area contributed by atoms with Gasteiger partial charge in [0.2, 0.25) is 0 Å². The van der Waals surface area contributed by atoms with Crippen molar-refractivity contribution in [3.05, 3.63) is 34.7 Å². The average molecular weight is 356 g/mol. The second-order valence-corrected chi connectivity index (χ2v) is 9.88. The van der Waals surface area contributed by atoms with Crippen LogP contribution in [0.25, 0.3) is 11.3 Å². The van der Waals surface area contributed by atoms with Gasteiger partial charge in [-0.2, -0.15) is 0 Å². The third-order valence-corrected chi connectivity index (χ3v) is 6.86. The predicted molar refractivity (Wildman–Crippen MR) is 108 cm³/mol. The fourth-order valence-electron chi connectivity index (χ4n) is 4.78. The highest BCUT2D eigenvalue weighted by Gasteiger charge is 2.41. The molecule has 1 fully saturated rings. The third-order valence-electron chi connectivity index (χ3n) is 5.96. The fourth-order valence-corrected chi connectivity index (χ4v) is 5.67. The average Bonchev–Trinajstić information content (AvgIpc) is 3.10. The fraction of sp³-hybridized carbons (Fsp3) is 0.571. The first-order valence-electron chi connectivity index (χ1n) is 9.38. The maximum absolute atomic E-state index is 6.03. The summed E-state index contributed by atoms with van der Waals surface area (Å²) in [5.41, 5.74) is 11.9. The number of anilines is 1. The lowest BCUT2D eigenvalue weighted by Gasteiger charge is -2.29. The van der Waals surface area contributed by atoms with Crippen LogP contribution in [-0.4, -0.2) is 24.1 Å². The van der Waals surface area contributed by atoms with E-state index in [0.717, 1.165) is 36.8 Å². The number of benzene rings is 1. The number of hydrogen-bond donors (Lipinski definition) is 1. The number of fused-ring (bicyclic) bond motifs is 1. The Morgan fingerprint density at radius 2 is 1.76 bits per heavy atom. The van der Waals surface area contributed by atoms with Crippen LogP contribution in [0.15, 0.2) is 23.6 Å². The van der Waals surface area contributed by atoms with Gasteiger partial charge in [-0.3, -0.25) is 0 Å². The molecule has 0 radical (unpaired) electrons. The van der Waals surface area contributed by atoms with Gasteiger partial charge in [0.05, 0.1) is 5.69 Å². The summed E-state index contributed by atoms with van der Waals surface area (Å²) in [6.45, 7) is 11.5. The minimum absolute atomic E-state index is 0.233. The molecule has 0 bridgehead atoms. The molecule has 3 nitrogen and oxygen atoms in total. The number of hydrogen-bond acceptors (Lipinski definition) is 4. The van der Waals surface area contributed by atoms with Crippen LogP contribution in [0.1, 0.15) is 58.1 Å². The van der Waals surface area contributed by atoms with Crippen molar-refractivity contribution in [1.82, 2.24) is 4.98 Å². The molecule has 0 saturated carbocycles. The van der Waals surface area contributed by atoms with Crippen LogP contribution in [0.5, 0.6) is 0 Å². The molecule has 1 aliphatic carbocycles. The summed E-state index contributed by atoms with van der Waals surface area (Å²) in [7, 11) is 0. The lowest BCUT2D eigenvalue weighted by Crippen LogP contribution is -2.39. The number of nitrogens with two attached hydrogens (primary N) is 1. The number of aromatic nitrogens is 1. The quantitative estimate of drug-likeness (QED) is 0.849. The zero-order chi connectivity index (χ0) is 17.8. The molecule has 0 amide bonds. The van der Waals surface area contributed by atoms with Crippen molar-refractivity contribution in [2.45, 2.75) is 63.8 Å². The molecule has 0 unspecified atom stereocenters. The van der Waals surface area contributed by atoms with E-state index in [2.05, 4.69) is 56.2 Å². The van der Waals surface area contributed by atoms with Gasteiger partial charge < -0.3 is 10.6 Å². The maximum Gasteiger partial charge on any atom is 0.185 e. The second kappa shape index (κ2) is 5.82. The molecule has 2 N–H and O–H groups in total. The first kappa shape index (κ1) is 17.0. The molecule has 134 valence electrons. The van der Waals surface area contributed by atoms with Gasteiger partial charge in [0, 0.05) is 30.1 Å². The largest absolute Gasteiger partial charge is 0.348 e. The Morgan fingerprint density at radius 3 is 2.48 bits per heavy atom. The molecule has 1 aliphatic heterocycles. The molecule has 4 rings (SSSR count). The van der Waals surface area contributed by atoms with Gasteiger partial charge in [0.15, 0.2) is 5.13 Å². The first-order valence-corrected chi connectivity index (χ1v) is 10.3. The Kier molecular flexibility index (Phi) is 3.97. The Bertz CT molecular complexity index is 782. The predicted octanol–water partition coefficient (Wildman–Crippen LogP) is 4.70. The highest BCUT2D eigenvalue weighted by Crippen LogP contribution is 2.50. The standard InChI is InChI=1S/C21H29N3S/c1-20(2)13-21(3,4)17-11-14(5-6-16(17)20)18-12-25-19(23-18)24-9-7-15(22)8-10-24/h5-6,11-12,15H,7-10,13,22H2,1-4H3. The lowest BCUT2D eigenvalue weighted by atomic mass is 9.82. The van der Waals surface area contributed by atoms with Crippen LogP contribution >= 0.6 is 11.3 Å². The summed E-state index contributed by atoms with van der Waals surface area (Å²) in [6.07, 6.45) is 3.34. The minimum Gasteiger partial charge on any atom is -0.348 e. The summed E-state index contributed by atoms with van der Waals surface area (Å²) in [5.74, 6) is 0. The van der Waals surface area contributed by atoms with Gasteiger partial charge in [-0.15, -0.1) is 11.3 Å². The zero-order valence-electron chi connectivity index (χ0n) is 15.8. The van der Waals surface area contributed by atoms with Gasteiger partial charge in [-0.1, -0.05) is 39.8 Å². The van der Waals surface area contributed by atoms with Crippen LogP contribution in [0.3, 0.4) is 0 Å². The SMILES string of the molecule is CC1(C)CC(C)(C)c2cc(-c3csc(N4CCC(N)CC4)n3)ccc21. The van der Waals surface area contributed by atoms with Crippen LogP contribution in [0, 0.1) is 0 Å². The van der Waals surface area contributed by atoms with E-state index in [9.17, 15) is 0 Å². The van der Waals surface area contributed by atoms with Gasteiger partial charge >= 0.3 is 0 Å². The van der Waals surface area contributed by atoms with Crippen molar-refractivity contribution < 1.29 is 0 Å². The third kappa shape index (κ3) is 3.00. The molecule has 2 heterocycles. The van der Waals surface area contributed by atoms with Crippen molar-refractivity contribution in [1.29, 1.82) is 0 Å². The zero-order valence-corrected chi connectivity index (χ0v) is 16.6. The normalized spacial score (nSPS) is 22.2. The molecule has 0 atom stereocenters. The summed E-state index contributed by atoms with van der Waals surface area (Å²) < 4.78 is 0. The topological polar surface area (TPSA) is 42.1 Å². The Hall–Kier alpha value is -1.39. The summed E-state index contributed by atoms with van der Waals surface area (Å²) in [4.78, 5) is 7.33. The van der Waals surface area contributed by atoms with E-state index in [-0.39, 0.29) is 10.8 Å². The van der Waals surface area contributed by atoms with Crippen molar-refractivity contribution in [3.63, 3.8) is 0 Å². The molecule has 1 aromatic heterocycles. The summed E-state index contributed by atoms with van der Waals surface area (Å²) >= 11 is 1.76. The van der Waals surface area contributed by atoms with Crippen LogP contribution in [0.2, 0.25) is 0 Å². The summed E-state index contributed by atoms with van der Waals surface area (Å²) in [5, 5.41) is 3.35. The Labute approximate surface area is 155 Å². The van der Waals surface area contributed by atoms with Crippen LogP contribution < -0.4 is 10.6 Å². The van der Waals surface area contributed by atoms with Gasteiger partial charge in [-0.25, -0.2) is 4.98 Å².